The van der Waals surface area contributed by atoms with E-state index < -0.39 is 5.97 Å². The summed E-state index contributed by atoms with van der Waals surface area (Å²) in [6.07, 6.45) is 7.19. The molecule has 0 heterocycles. The molecule has 1 aliphatic rings. The van der Waals surface area contributed by atoms with Crippen LogP contribution in [0.4, 0.5) is 0 Å². The Morgan fingerprint density at radius 3 is 2.50 bits per heavy atom. The van der Waals surface area contributed by atoms with Crippen molar-refractivity contribution in [3.63, 3.8) is 0 Å². The Kier molecular flexibility index (Phi) is 3.32. The van der Waals surface area contributed by atoms with Gasteiger partial charge in [-0.1, -0.05) is 25.3 Å². The maximum Gasteiger partial charge on any atom is 0.328 e. The zero-order chi connectivity index (χ0) is 8.97. The van der Waals surface area contributed by atoms with Crippen LogP contribution >= 0.6 is 0 Å². The largest absolute Gasteiger partial charge is 0.478 e. The molecule has 1 rings (SSSR count). The number of hydrogen-bond donors (Lipinski definition) is 1. The molecule has 0 amide bonds. The number of allylic oxidation sites excluding steroid dienone is 1. The Labute approximate surface area is 73.3 Å². The van der Waals surface area contributed by atoms with Crippen LogP contribution in [0, 0.1) is 5.92 Å². The molecule has 68 valence electrons. The number of aliphatic carboxylic acids is 1. The Bertz CT molecular complexity index is 188. The van der Waals surface area contributed by atoms with E-state index in [1.165, 1.54) is 31.8 Å². The minimum atomic E-state index is -0.793. The van der Waals surface area contributed by atoms with Crippen molar-refractivity contribution in [1.82, 2.24) is 0 Å². The molecule has 0 bridgehead atoms. The Morgan fingerprint density at radius 2 is 2.08 bits per heavy atom. The minimum absolute atomic E-state index is 0.561. The SMILES string of the molecule is CC/C(=C\C(=O)O)C1CCCC1. The van der Waals surface area contributed by atoms with Crippen LogP contribution in [0.5, 0.6) is 0 Å². The van der Waals surface area contributed by atoms with Crippen LogP contribution in [0.25, 0.3) is 0 Å². The van der Waals surface area contributed by atoms with Crippen molar-refractivity contribution in [3.05, 3.63) is 11.6 Å². The molecule has 0 saturated heterocycles. The van der Waals surface area contributed by atoms with E-state index in [0.717, 1.165) is 12.0 Å². The van der Waals surface area contributed by atoms with Gasteiger partial charge < -0.3 is 5.11 Å². The van der Waals surface area contributed by atoms with Crippen molar-refractivity contribution >= 4 is 5.97 Å². The highest BCUT2D eigenvalue weighted by molar-refractivity contribution is 5.80. The summed E-state index contributed by atoms with van der Waals surface area (Å²) in [5, 5.41) is 8.60. The lowest BCUT2D eigenvalue weighted by molar-refractivity contribution is -0.131. The average molecular weight is 168 g/mol. The summed E-state index contributed by atoms with van der Waals surface area (Å²) in [6.45, 7) is 2.03. The topological polar surface area (TPSA) is 37.3 Å². The molecule has 12 heavy (non-hydrogen) atoms. The third-order valence-corrected chi connectivity index (χ3v) is 2.60. The first kappa shape index (κ1) is 9.30. The smallest absolute Gasteiger partial charge is 0.328 e. The molecular weight excluding hydrogens is 152 g/mol. The molecule has 1 aliphatic carbocycles. The predicted molar refractivity (Wildman–Crippen MR) is 48.0 cm³/mol. The van der Waals surface area contributed by atoms with Crippen LogP contribution in [0.3, 0.4) is 0 Å². The number of rotatable bonds is 3. The highest BCUT2D eigenvalue weighted by Gasteiger charge is 2.18. The molecule has 0 atom stereocenters. The van der Waals surface area contributed by atoms with E-state index in [4.69, 9.17) is 5.11 Å². The van der Waals surface area contributed by atoms with Crippen molar-refractivity contribution in [3.8, 4) is 0 Å². The summed E-state index contributed by atoms with van der Waals surface area (Å²) >= 11 is 0. The first-order valence-corrected chi connectivity index (χ1v) is 4.67. The normalized spacial score (nSPS) is 19.9. The zero-order valence-corrected chi connectivity index (χ0v) is 7.55. The molecule has 0 aromatic rings. The number of carboxylic acids is 1. The van der Waals surface area contributed by atoms with E-state index in [9.17, 15) is 4.79 Å². The Morgan fingerprint density at radius 1 is 1.50 bits per heavy atom. The second kappa shape index (κ2) is 4.29. The van der Waals surface area contributed by atoms with Gasteiger partial charge in [-0.15, -0.1) is 0 Å². The van der Waals surface area contributed by atoms with E-state index in [1.807, 2.05) is 6.92 Å². The van der Waals surface area contributed by atoms with Crippen LogP contribution in [-0.4, -0.2) is 11.1 Å². The standard InChI is InChI=1S/C10H16O2/c1-2-8(7-10(11)12)9-5-3-4-6-9/h7,9H,2-6H2,1H3,(H,11,12)/b8-7+. The monoisotopic (exact) mass is 168 g/mol. The maximum atomic E-state index is 10.4. The van der Waals surface area contributed by atoms with Gasteiger partial charge in [0.15, 0.2) is 0 Å². The van der Waals surface area contributed by atoms with E-state index in [-0.39, 0.29) is 0 Å². The van der Waals surface area contributed by atoms with Gasteiger partial charge in [0.25, 0.3) is 0 Å². The fourth-order valence-electron chi connectivity index (χ4n) is 1.96. The molecule has 0 aromatic carbocycles. The van der Waals surface area contributed by atoms with Crippen LogP contribution in [0.2, 0.25) is 0 Å². The summed E-state index contributed by atoms with van der Waals surface area (Å²) in [7, 11) is 0. The van der Waals surface area contributed by atoms with E-state index in [0.29, 0.717) is 5.92 Å². The Hall–Kier alpha value is -0.790. The average Bonchev–Trinajstić information content (AvgIpc) is 2.51. The molecule has 1 N–H and O–H groups in total. The number of carboxylic acid groups (broad SMARTS) is 1. The second-order valence-electron chi connectivity index (χ2n) is 3.39. The van der Waals surface area contributed by atoms with E-state index in [2.05, 4.69) is 0 Å². The predicted octanol–water partition coefficient (Wildman–Crippen LogP) is 2.60. The number of hydrogen-bond acceptors (Lipinski definition) is 1. The van der Waals surface area contributed by atoms with Gasteiger partial charge in [0.1, 0.15) is 0 Å². The van der Waals surface area contributed by atoms with Gasteiger partial charge in [-0.05, 0) is 25.2 Å². The molecule has 2 heteroatoms. The summed E-state index contributed by atoms with van der Waals surface area (Å²) in [5.74, 6) is -0.232. The van der Waals surface area contributed by atoms with Gasteiger partial charge in [-0.3, -0.25) is 0 Å². The van der Waals surface area contributed by atoms with Crippen molar-refractivity contribution in [1.29, 1.82) is 0 Å². The lowest BCUT2D eigenvalue weighted by atomic mass is 9.95. The van der Waals surface area contributed by atoms with Gasteiger partial charge >= 0.3 is 5.97 Å². The first-order chi connectivity index (χ1) is 5.74. The lowest BCUT2D eigenvalue weighted by Gasteiger charge is -2.10. The van der Waals surface area contributed by atoms with Crippen LogP contribution < -0.4 is 0 Å². The molecule has 0 unspecified atom stereocenters. The molecule has 0 spiro atoms. The van der Waals surface area contributed by atoms with Crippen molar-refractivity contribution in [2.24, 2.45) is 5.92 Å². The molecule has 1 fully saturated rings. The fraction of sp³-hybridized carbons (Fsp3) is 0.700. The summed E-state index contributed by atoms with van der Waals surface area (Å²) in [4.78, 5) is 10.4. The fourth-order valence-corrected chi connectivity index (χ4v) is 1.96. The minimum Gasteiger partial charge on any atom is -0.478 e. The van der Waals surface area contributed by atoms with Gasteiger partial charge in [-0.2, -0.15) is 0 Å². The molecule has 0 aromatic heterocycles. The molecule has 2 nitrogen and oxygen atoms in total. The first-order valence-electron chi connectivity index (χ1n) is 4.67. The van der Waals surface area contributed by atoms with Crippen LogP contribution in [0.15, 0.2) is 11.6 Å². The molecule has 1 saturated carbocycles. The summed E-state index contributed by atoms with van der Waals surface area (Å²) < 4.78 is 0. The van der Waals surface area contributed by atoms with E-state index in [1.54, 1.807) is 0 Å². The van der Waals surface area contributed by atoms with Crippen LogP contribution in [0.1, 0.15) is 39.0 Å². The summed E-state index contributed by atoms with van der Waals surface area (Å²) in [5.41, 5.74) is 1.12. The third-order valence-electron chi connectivity index (χ3n) is 2.60. The highest BCUT2D eigenvalue weighted by Crippen LogP contribution is 2.32. The number of carbonyl (C=O) groups is 1. The third kappa shape index (κ3) is 2.36. The van der Waals surface area contributed by atoms with Crippen molar-refractivity contribution in [2.45, 2.75) is 39.0 Å². The highest BCUT2D eigenvalue weighted by atomic mass is 16.4. The van der Waals surface area contributed by atoms with E-state index >= 15 is 0 Å². The van der Waals surface area contributed by atoms with Gasteiger partial charge in [-0.25, -0.2) is 4.79 Å². The van der Waals surface area contributed by atoms with Crippen molar-refractivity contribution in [2.75, 3.05) is 0 Å². The van der Waals surface area contributed by atoms with Gasteiger partial charge in [0.05, 0.1) is 0 Å². The Balaban J connectivity index is 2.60. The van der Waals surface area contributed by atoms with Gasteiger partial charge in [0.2, 0.25) is 0 Å². The quantitative estimate of drug-likeness (QED) is 0.658. The second-order valence-corrected chi connectivity index (χ2v) is 3.39. The molecular formula is C10H16O2. The van der Waals surface area contributed by atoms with Gasteiger partial charge in [0, 0.05) is 6.08 Å². The lowest BCUT2D eigenvalue weighted by Crippen LogP contribution is -2.01. The summed E-state index contributed by atoms with van der Waals surface area (Å²) in [6, 6.07) is 0. The molecule has 0 aliphatic heterocycles. The zero-order valence-electron chi connectivity index (χ0n) is 7.55. The maximum absolute atomic E-state index is 10.4. The van der Waals surface area contributed by atoms with Crippen LogP contribution in [-0.2, 0) is 4.79 Å². The molecule has 0 radical (unpaired) electrons. The van der Waals surface area contributed by atoms with Crippen molar-refractivity contribution < 1.29 is 9.90 Å².